The van der Waals surface area contributed by atoms with Gasteiger partial charge >= 0.3 is 5.97 Å². The summed E-state index contributed by atoms with van der Waals surface area (Å²) in [5, 5.41) is 9.58. The Labute approximate surface area is 150 Å². The molecule has 0 spiro atoms. The van der Waals surface area contributed by atoms with Gasteiger partial charge in [-0.05, 0) is 17.7 Å². The average Bonchev–Trinajstić information content (AvgIpc) is 3.26. The summed E-state index contributed by atoms with van der Waals surface area (Å²) in [4.78, 5) is 30.5. The van der Waals surface area contributed by atoms with Crippen molar-refractivity contribution >= 4 is 17.5 Å². The molecule has 6 nitrogen and oxygen atoms in total. The molecule has 0 aliphatic carbocycles. The van der Waals surface area contributed by atoms with Crippen LogP contribution in [-0.4, -0.2) is 44.4 Å². The SMILES string of the molecule is O=C(O)C1CN(C(=O)Cc2cn3ccccc3n2)CC1c1ccccc1. The van der Waals surface area contributed by atoms with Crippen LogP contribution in [0.25, 0.3) is 5.65 Å². The number of nitrogens with zero attached hydrogens (tertiary/aromatic N) is 3. The first-order chi connectivity index (χ1) is 12.6. The van der Waals surface area contributed by atoms with Gasteiger partial charge in [0.15, 0.2) is 0 Å². The lowest BCUT2D eigenvalue weighted by Gasteiger charge is -2.16. The molecule has 4 rings (SSSR count). The Hall–Kier alpha value is -3.15. The largest absolute Gasteiger partial charge is 0.481 e. The normalized spacial score (nSPS) is 19.8. The average molecular weight is 349 g/mol. The number of hydrogen-bond acceptors (Lipinski definition) is 3. The summed E-state index contributed by atoms with van der Waals surface area (Å²) in [6, 6.07) is 15.2. The maximum atomic E-state index is 12.7. The van der Waals surface area contributed by atoms with Gasteiger partial charge < -0.3 is 14.4 Å². The van der Waals surface area contributed by atoms with Crippen molar-refractivity contribution < 1.29 is 14.7 Å². The molecule has 1 amide bonds. The summed E-state index contributed by atoms with van der Waals surface area (Å²) in [7, 11) is 0. The Morgan fingerprint density at radius 2 is 1.85 bits per heavy atom. The van der Waals surface area contributed by atoms with Crippen LogP contribution >= 0.6 is 0 Å². The molecule has 1 aliphatic heterocycles. The summed E-state index contributed by atoms with van der Waals surface area (Å²) < 4.78 is 1.87. The van der Waals surface area contributed by atoms with Crippen LogP contribution in [0.5, 0.6) is 0 Å². The van der Waals surface area contributed by atoms with Gasteiger partial charge in [-0.2, -0.15) is 0 Å². The van der Waals surface area contributed by atoms with Crippen LogP contribution in [0, 0.1) is 5.92 Å². The molecular formula is C20H19N3O3. The molecule has 1 aliphatic rings. The number of aliphatic carboxylic acids is 1. The number of amides is 1. The maximum absolute atomic E-state index is 12.7. The third-order valence-electron chi connectivity index (χ3n) is 4.96. The van der Waals surface area contributed by atoms with E-state index >= 15 is 0 Å². The van der Waals surface area contributed by atoms with Gasteiger partial charge in [0.25, 0.3) is 0 Å². The lowest BCUT2D eigenvalue weighted by molar-refractivity contribution is -0.141. The Morgan fingerprint density at radius 3 is 2.58 bits per heavy atom. The second-order valence-corrected chi connectivity index (χ2v) is 6.64. The molecule has 132 valence electrons. The summed E-state index contributed by atoms with van der Waals surface area (Å²) in [5.74, 6) is -1.71. The highest BCUT2D eigenvalue weighted by molar-refractivity contribution is 5.81. The second kappa shape index (κ2) is 6.63. The van der Waals surface area contributed by atoms with Crippen LogP contribution in [0.4, 0.5) is 0 Å². The quantitative estimate of drug-likeness (QED) is 0.784. The third-order valence-corrected chi connectivity index (χ3v) is 4.96. The molecule has 2 atom stereocenters. The predicted octanol–water partition coefficient (Wildman–Crippen LogP) is 2.20. The smallest absolute Gasteiger partial charge is 0.308 e. The molecule has 0 saturated carbocycles. The minimum atomic E-state index is -0.859. The first-order valence-corrected chi connectivity index (χ1v) is 8.60. The predicted molar refractivity (Wildman–Crippen MR) is 95.8 cm³/mol. The second-order valence-electron chi connectivity index (χ2n) is 6.64. The van der Waals surface area contributed by atoms with E-state index in [-0.39, 0.29) is 24.8 Å². The van der Waals surface area contributed by atoms with E-state index in [9.17, 15) is 14.7 Å². The van der Waals surface area contributed by atoms with Crippen LogP contribution in [0.2, 0.25) is 0 Å². The number of aromatic nitrogens is 2. The topological polar surface area (TPSA) is 74.9 Å². The molecule has 1 saturated heterocycles. The summed E-state index contributed by atoms with van der Waals surface area (Å²) >= 11 is 0. The van der Waals surface area contributed by atoms with Gasteiger partial charge in [-0.3, -0.25) is 9.59 Å². The molecule has 26 heavy (non-hydrogen) atoms. The standard InChI is InChI=1S/C20H19N3O3/c24-19(10-15-11-22-9-5-4-8-18(22)21-15)23-12-16(17(13-23)20(25)26)14-6-2-1-3-7-14/h1-9,11,16-17H,10,12-13H2,(H,25,26). The van der Waals surface area contributed by atoms with Gasteiger partial charge in [-0.25, -0.2) is 4.98 Å². The highest BCUT2D eigenvalue weighted by Gasteiger charge is 2.40. The zero-order valence-electron chi connectivity index (χ0n) is 14.2. The number of fused-ring (bicyclic) bond motifs is 1. The molecular weight excluding hydrogens is 330 g/mol. The number of carboxylic acids is 1. The Balaban J connectivity index is 1.52. The van der Waals surface area contributed by atoms with E-state index < -0.39 is 11.9 Å². The van der Waals surface area contributed by atoms with Crippen molar-refractivity contribution in [3.8, 4) is 0 Å². The molecule has 1 fully saturated rings. The van der Waals surface area contributed by atoms with E-state index in [1.54, 1.807) is 4.90 Å². The lowest BCUT2D eigenvalue weighted by Crippen LogP contribution is -2.31. The fourth-order valence-corrected chi connectivity index (χ4v) is 3.63. The zero-order valence-corrected chi connectivity index (χ0v) is 14.2. The number of hydrogen-bond donors (Lipinski definition) is 1. The van der Waals surface area contributed by atoms with Gasteiger partial charge in [-0.15, -0.1) is 0 Å². The molecule has 1 aromatic carbocycles. The van der Waals surface area contributed by atoms with Crippen LogP contribution in [0.3, 0.4) is 0 Å². The molecule has 3 aromatic rings. The van der Waals surface area contributed by atoms with Crippen LogP contribution in [-0.2, 0) is 16.0 Å². The molecule has 1 N–H and O–H groups in total. The monoisotopic (exact) mass is 349 g/mol. The number of carboxylic acid groups (broad SMARTS) is 1. The van der Waals surface area contributed by atoms with Gasteiger partial charge in [0.1, 0.15) is 5.65 Å². The van der Waals surface area contributed by atoms with Crippen LogP contribution in [0.15, 0.2) is 60.9 Å². The van der Waals surface area contributed by atoms with Crippen molar-refractivity contribution in [2.24, 2.45) is 5.92 Å². The minimum Gasteiger partial charge on any atom is -0.481 e. The number of likely N-dealkylation sites (tertiary alicyclic amines) is 1. The first kappa shape index (κ1) is 16.3. The van der Waals surface area contributed by atoms with E-state index in [4.69, 9.17) is 0 Å². The van der Waals surface area contributed by atoms with Crippen molar-refractivity contribution in [3.05, 3.63) is 72.2 Å². The van der Waals surface area contributed by atoms with Crippen molar-refractivity contribution in [2.75, 3.05) is 13.1 Å². The maximum Gasteiger partial charge on any atom is 0.308 e. The number of benzene rings is 1. The molecule has 3 heterocycles. The van der Waals surface area contributed by atoms with Crippen molar-refractivity contribution in [1.29, 1.82) is 0 Å². The molecule has 2 aromatic heterocycles. The van der Waals surface area contributed by atoms with Crippen LogP contribution in [0.1, 0.15) is 17.2 Å². The van der Waals surface area contributed by atoms with Gasteiger partial charge in [0.2, 0.25) is 5.91 Å². The molecule has 2 unspecified atom stereocenters. The summed E-state index contributed by atoms with van der Waals surface area (Å²) in [5.41, 5.74) is 2.45. The summed E-state index contributed by atoms with van der Waals surface area (Å²) in [6.07, 6.45) is 3.90. The zero-order chi connectivity index (χ0) is 18.1. The number of carbonyl (C=O) groups is 2. The third kappa shape index (κ3) is 3.06. The van der Waals surface area contributed by atoms with Crippen molar-refractivity contribution in [3.63, 3.8) is 0 Å². The molecule has 0 radical (unpaired) electrons. The number of imidazole rings is 1. The highest BCUT2D eigenvalue weighted by atomic mass is 16.4. The fraction of sp³-hybridized carbons (Fsp3) is 0.250. The Bertz CT molecular complexity index is 918. The van der Waals surface area contributed by atoms with E-state index in [2.05, 4.69) is 4.98 Å². The lowest BCUT2D eigenvalue weighted by atomic mass is 9.89. The van der Waals surface area contributed by atoms with Crippen molar-refractivity contribution in [1.82, 2.24) is 14.3 Å². The molecule has 6 heteroatoms. The number of pyridine rings is 1. The summed E-state index contributed by atoms with van der Waals surface area (Å²) in [6.45, 7) is 0.661. The fourth-order valence-electron chi connectivity index (χ4n) is 3.63. The van der Waals surface area contributed by atoms with Crippen LogP contribution < -0.4 is 0 Å². The molecule has 0 bridgehead atoms. The Kier molecular flexibility index (Phi) is 4.16. The van der Waals surface area contributed by atoms with Gasteiger partial charge in [-0.1, -0.05) is 36.4 Å². The van der Waals surface area contributed by atoms with E-state index in [0.29, 0.717) is 12.2 Å². The van der Waals surface area contributed by atoms with Gasteiger partial charge in [0.05, 0.1) is 18.0 Å². The number of carbonyl (C=O) groups excluding carboxylic acids is 1. The van der Waals surface area contributed by atoms with Crippen molar-refractivity contribution in [2.45, 2.75) is 12.3 Å². The highest BCUT2D eigenvalue weighted by Crippen LogP contribution is 2.33. The van der Waals surface area contributed by atoms with E-state index in [1.807, 2.05) is 65.3 Å². The first-order valence-electron chi connectivity index (χ1n) is 8.60. The van der Waals surface area contributed by atoms with E-state index in [0.717, 1.165) is 11.2 Å². The minimum absolute atomic E-state index is 0.0851. The van der Waals surface area contributed by atoms with E-state index in [1.165, 1.54) is 0 Å². The number of rotatable bonds is 4. The van der Waals surface area contributed by atoms with Gasteiger partial charge in [0, 0.05) is 31.4 Å². The Morgan fingerprint density at radius 1 is 1.08 bits per heavy atom.